The van der Waals surface area contributed by atoms with Gasteiger partial charge in [0.05, 0.1) is 6.07 Å². The fourth-order valence-corrected chi connectivity index (χ4v) is 2.51. The summed E-state index contributed by atoms with van der Waals surface area (Å²) in [5.74, 6) is -0.153. The van der Waals surface area contributed by atoms with Gasteiger partial charge in [-0.2, -0.15) is 0 Å². The molecule has 1 aromatic heterocycles. The number of hydrogen-bond donors (Lipinski definition) is 1. The zero-order chi connectivity index (χ0) is 13.4. The van der Waals surface area contributed by atoms with Gasteiger partial charge in [0.1, 0.15) is 16.8 Å². The average Bonchev–Trinajstić information content (AvgIpc) is 3.06. The summed E-state index contributed by atoms with van der Waals surface area (Å²) in [7, 11) is 0. The van der Waals surface area contributed by atoms with Crippen molar-refractivity contribution < 1.29 is 14.4 Å². The lowest BCUT2D eigenvalue weighted by atomic mass is 10.0. The molecule has 3 rings (SSSR count). The highest BCUT2D eigenvalue weighted by Gasteiger charge is 2.21. The van der Waals surface area contributed by atoms with E-state index in [-0.39, 0.29) is 11.6 Å². The van der Waals surface area contributed by atoms with Gasteiger partial charge in [-0.3, -0.25) is 10.1 Å². The van der Waals surface area contributed by atoms with E-state index in [2.05, 4.69) is 0 Å². The van der Waals surface area contributed by atoms with Crippen LogP contribution in [0.5, 0.6) is 0 Å². The summed E-state index contributed by atoms with van der Waals surface area (Å²) in [5.41, 5.74) is 3.28. The molecule has 0 radical (unpaired) electrons. The number of hydrogen-bond acceptors (Lipinski definition) is 4. The molecule has 1 unspecified atom stereocenters. The summed E-state index contributed by atoms with van der Waals surface area (Å²) >= 11 is 0. The Labute approximate surface area is 109 Å². The van der Waals surface area contributed by atoms with Crippen molar-refractivity contribution in [3.63, 3.8) is 0 Å². The first-order chi connectivity index (χ1) is 9.15. The summed E-state index contributed by atoms with van der Waals surface area (Å²) < 4.78 is 5.03. The summed E-state index contributed by atoms with van der Waals surface area (Å²) in [6.07, 6.45) is 2.28. The van der Waals surface area contributed by atoms with Crippen LogP contribution in [0.3, 0.4) is 0 Å². The van der Waals surface area contributed by atoms with Crippen LogP contribution in [0.2, 0.25) is 0 Å². The van der Waals surface area contributed by atoms with Gasteiger partial charge in [-0.15, -0.1) is 0 Å². The second-order valence-corrected chi connectivity index (χ2v) is 4.72. The lowest BCUT2D eigenvalue weighted by Crippen LogP contribution is -1.99. The predicted molar refractivity (Wildman–Crippen MR) is 67.9 cm³/mol. The molecule has 1 aliphatic rings. The molecule has 1 heterocycles. The van der Waals surface area contributed by atoms with Crippen LogP contribution in [0, 0.1) is 10.1 Å². The maximum Gasteiger partial charge on any atom is 0.433 e. The largest absolute Gasteiger partial charge is 0.433 e. The van der Waals surface area contributed by atoms with Crippen LogP contribution in [-0.2, 0) is 12.8 Å². The molecule has 5 heteroatoms. The van der Waals surface area contributed by atoms with Crippen molar-refractivity contribution in [1.29, 1.82) is 0 Å². The van der Waals surface area contributed by atoms with Crippen molar-refractivity contribution in [3.8, 4) is 0 Å². The van der Waals surface area contributed by atoms with E-state index in [0.717, 1.165) is 19.3 Å². The van der Waals surface area contributed by atoms with E-state index in [0.29, 0.717) is 5.56 Å². The first-order valence-electron chi connectivity index (χ1n) is 6.19. The Morgan fingerprint density at radius 2 is 2.00 bits per heavy atom. The molecule has 1 aromatic carbocycles. The van der Waals surface area contributed by atoms with Gasteiger partial charge in [0, 0.05) is 0 Å². The Kier molecular flexibility index (Phi) is 2.83. The molecule has 2 aromatic rings. The van der Waals surface area contributed by atoms with Gasteiger partial charge in [0.15, 0.2) is 0 Å². The summed E-state index contributed by atoms with van der Waals surface area (Å²) in [5, 5.41) is 20.8. The third-order valence-electron chi connectivity index (χ3n) is 3.50. The van der Waals surface area contributed by atoms with E-state index in [1.165, 1.54) is 23.3 Å². The lowest BCUT2D eigenvalue weighted by Gasteiger charge is -2.09. The molecule has 98 valence electrons. The van der Waals surface area contributed by atoms with Crippen LogP contribution >= 0.6 is 0 Å². The zero-order valence-corrected chi connectivity index (χ0v) is 10.2. The molecular weight excluding hydrogens is 246 g/mol. The van der Waals surface area contributed by atoms with Crippen LogP contribution in [0.4, 0.5) is 5.88 Å². The van der Waals surface area contributed by atoms with Crippen molar-refractivity contribution >= 4 is 5.88 Å². The van der Waals surface area contributed by atoms with Crippen molar-refractivity contribution in [1.82, 2.24) is 0 Å². The first kappa shape index (κ1) is 11.9. The number of aliphatic hydroxyl groups excluding tert-OH is 1. The topological polar surface area (TPSA) is 76.5 Å². The van der Waals surface area contributed by atoms with Gasteiger partial charge in [-0.05, 0) is 42.0 Å². The van der Waals surface area contributed by atoms with Crippen molar-refractivity contribution in [3.05, 3.63) is 62.9 Å². The molecule has 5 nitrogen and oxygen atoms in total. The average molecular weight is 259 g/mol. The molecule has 0 spiro atoms. The summed E-state index contributed by atoms with van der Waals surface area (Å²) in [6, 6.07) is 8.52. The molecule has 1 atom stereocenters. The maximum absolute atomic E-state index is 10.6. The third kappa shape index (κ3) is 2.13. The number of aryl methyl sites for hydroxylation is 2. The van der Waals surface area contributed by atoms with Crippen molar-refractivity contribution in [2.75, 3.05) is 0 Å². The fraction of sp³-hybridized carbons (Fsp3) is 0.286. The van der Waals surface area contributed by atoms with E-state index in [9.17, 15) is 15.2 Å². The highest BCUT2D eigenvalue weighted by atomic mass is 16.6. The lowest BCUT2D eigenvalue weighted by molar-refractivity contribution is -0.402. The normalized spacial score (nSPS) is 15.2. The second-order valence-electron chi connectivity index (χ2n) is 4.72. The Balaban J connectivity index is 1.90. The molecule has 0 fully saturated rings. The highest BCUT2D eigenvalue weighted by Crippen LogP contribution is 2.30. The number of rotatable bonds is 3. The molecule has 0 amide bonds. The number of aliphatic hydroxyl groups is 1. The Morgan fingerprint density at radius 1 is 1.21 bits per heavy atom. The van der Waals surface area contributed by atoms with Gasteiger partial charge < -0.3 is 9.52 Å². The molecule has 19 heavy (non-hydrogen) atoms. The number of nitro groups is 1. The van der Waals surface area contributed by atoms with Crippen LogP contribution in [0.1, 0.15) is 35.0 Å². The monoisotopic (exact) mass is 259 g/mol. The van der Waals surface area contributed by atoms with Gasteiger partial charge in [-0.1, -0.05) is 18.2 Å². The number of fused-ring (bicyclic) bond motifs is 1. The van der Waals surface area contributed by atoms with Gasteiger partial charge in [-0.25, -0.2) is 0 Å². The predicted octanol–water partition coefficient (Wildman–Crippen LogP) is 2.76. The molecule has 0 aliphatic heterocycles. The van der Waals surface area contributed by atoms with Crippen LogP contribution < -0.4 is 0 Å². The standard InChI is InChI=1S/C14H13NO4/c16-14(12-6-7-13(19-12)15(17)18)11-5-4-9-2-1-3-10(9)8-11/h4-8,14,16H,1-3H2. The molecule has 1 N–H and O–H groups in total. The van der Waals surface area contributed by atoms with E-state index in [4.69, 9.17) is 4.42 Å². The molecule has 1 aliphatic carbocycles. The van der Waals surface area contributed by atoms with E-state index >= 15 is 0 Å². The Morgan fingerprint density at radius 3 is 2.74 bits per heavy atom. The van der Waals surface area contributed by atoms with E-state index in [1.54, 1.807) is 0 Å². The Bertz CT molecular complexity index is 632. The molecular formula is C14H13NO4. The maximum atomic E-state index is 10.6. The van der Waals surface area contributed by atoms with Crippen molar-refractivity contribution in [2.45, 2.75) is 25.4 Å². The van der Waals surface area contributed by atoms with Gasteiger partial charge in [0.2, 0.25) is 0 Å². The van der Waals surface area contributed by atoms with E-state index in [1.807, 2.05) is 18.2 Å². The number of nitrogens with zero attached hydrogens (tertiary/aromatic N) is 1. The second kappa shape index (κ2) is 4.51. The molecule has 0 saturated carbocycles. The number of furan rings is 1. The molecule has 0 saturated heterocycles. The van der Waals surface area contributed by atoms with Crippen LogP contribution in [0.15, 0.2) is 34.7 Å². The third-order valence-corrected chi connectivity index (χ3v) is 3.50. The fourth-order valence-electron chi connectivity index (χ4n) is 2.51. The quantitative estimate of drug-likeness (QED) is 0.679. The number of benzene rings is 1. The van der Waals surface area contributed by atoms with Crippen molar-refractivity contribution in [2.24, 2.45) is 0 Å². The summed E-state index contributed by atoms with van der Waals surface area (Å²) in [4.78, 5) is 9.94. The van der Waals surface area contributed by atoms with Crippen LogP contribution in [-0.4, -0.2) is 10.0 Å². The minimum atomic E-state index is -0.959. The van der Waals surface area contributed by atoms with E-state index < -0.39 is 11.0 Å². The smallest absolute Gasteiger partial charge is 0.403 e. The minimum Gasteiger partial charge on any atom is -0.403 e. The molecule has 0 bridgehead atoms. The van der Waals surface area contributed by atoms with Gasteiger partial charge >= 0.3 is 5.88 Å². The van der Waals surface area contributed by atoms with Gasteiger partial charge in [0.25, 0.3) is 0 Å². The van der Waals surface area contributed by atoms with Crippen LogP contribution in [0.25, 0.3) is 0 Å². The first-order valence-corrected chi connectivity index (χ1v) is 6.19. The SMILES string of the molecule is O=[N+]([O-])c1ccc(C(O)c2ccc3c(c2)CCC3)o1. The highest BCUT2D eigenvalue weighted by molar-refractivity contribution is 5.38. The minimum absolute atomic E-state index is 0.199. The zero-order valence-electron chi connectivity index (χ0n) is 10.2. The summed E-state index contributed by atoms with van der Waals surface area (Å²) in [6.45, 7) is 0. The Hall–Kier alpha value is -2.14.